The highest BCUT2D eigenvalue weighted by Gasteiger charge is 2.44. The van der Waals surface area contributed by atoms with Gasteiger partial charge in [0.1, 0.15) is 11.9 Å². The van der Waals surface area contributed by atoms with Crippen LogP contribution in [-0.4, -0.2) is 23.1 Å². The summed E-state index contributed by atoms with van der Waals surface area (Å²) >= 11 is 0. The van der Waals surface area contributed by atoms with Gasteiger partial charge in [0.2, 0.25) is 0 Å². The van der Waals surface area contributed by atoms with E-state index in [0.29, 0.717) is 17.8 Å². The van der Waals surface area contributed by atoms with E-state index in [1.54, 1.807) is 6.07 Å². The molecule has 2 unspecified atom stereocenters. The Morgan fingerprint density at radius 3 is 3.00 bits per heavy atom. The molecule has 2 heterocycles. The number of hydrogen-bond acceptors (Lipinski definition) is 3. The SMILES string of the molecule is Cc1cccc(NC(=O)[C@H]2OC3CCC2C3)n1. The molecular weight excluding hydrogens is 216 g/mol. The van der Waals surface area contributed by atoms with Crippen LogP contribution < -0.4 is 5.32 Å². The molecule has 1 N–H and O–H groups in total. The maximum Gasteiger partial charge on any atom is 0.254 e. The number of nitrogens with zero attached hydrogens (tertiary/aromatic N) is 1. The smallest absolute Gasteiger partial charge is 0.254 e. The minimum absolute atomic E-state index is 0.0460. The Morgan fingerprint density at radius 1 is 1.47 bits per heavy atom. The molecule has 2 bridgehead atoms. The van der Waals surface area contributed by atoms with E-state index >= 15 is 0 Å². The van der Waals surface area contributed by atoms with Crippen LogP contribution in [0.15, 0.2) is 18.2 Å². The Hall–Kier alpha value is -1.42. The number of ether oxygens (including phenoxy) is 1. The van der Waals surface area contributed by atoms with Gasteiger partial charge in [-0.15, -0.1) is 0 Å². The first-order chi connectivity index (χ1) is 8.22. The Kier molecular flexibility index (Phi) is 2.59. The van der Waals surface area contributed by atoms with Crippen molar-refractivity contribution in [3.05, 3.63) is 23.9 Å². The lowest BCUT2D eigenvalue weighted by molar-refractivity contribution is -0.130. The predicted octanol–water partition coefficient (Wildman–Crippen LogP) is 1.90. The molecule has 17 heavy (non-hydrogen) atoms. The minimum atomic E-state index is -0.268. The van der Waals surface area contributed by atoms with Gasteiger partial charge in [-0.25, -0.2) is 4.98 Å². The molecule has 1 aliphatic carbocycles. The molecule has 1 amide bonds. The monoisotopic (exact) mass is 232 g/mol. The van der Waals surface area contributed by atoms with Crippen LogP contribution in [0.5, 0.6) is 0 Å². The van der Waals surface area contributed by atoms with Gasteiger partial charge in [-0.1, -0.05) is 6.07 Å². The summed E-state index contributed by atoms with van der Waals surface area (Å²) in [7, 11) is 0. The number of hydrogen-bond donors (Lipinski definition) is 1. The Labute approximate surface area is 100 Å². The third kappa shape index (κ3) is 2.05. The molecule has 4 heteroatoms. The summed E-state index contributed by atoms with van der Waals surface area (Å²) in [4.78, 5) is 16.3. The Morgan fingerprint density at radius 2 is 2.35 bits per heavy atom. The third-order valence-corrected chi connectivity index (χ3v) is 3.59. The van der Waals surface area contributed by atoms with Crippen LogP contribution in [0.1, 0.15) is 25.0 Å². The molecule has 1 saturated carbocycles. The highest BCUT2D eigenvalue weighted by molar-refractivity contribution is 5.93. The molecule has 1 aliphatic heterocycles. The van der Waals surface area contributed by atoms with Gasteiger partial charge in [0, 0.05) is 5.69 Å². The highest BCUT2D eigenvalue weighted by atomic mass is 16.5. The van der Waals surface area contributed by atoms with Crippen molar-refractivity contribution in [1.29, 1.82) is 0 Å². The molecule has 2 fully saturated rings. The van der Waals surface area contributed by atoms with Gasteiger partial charge in [-0.2, -0.15) is 0 Å². The zero-order valence-electron chi connectivity index (χ0n) is 9.85. The maximum atomic E-state index is 12.0. The number of pyridine rings is 1. The summed E-state index contributed by atoms with van der Waals surface area (Å²) in [6.07, 6.45) is 3.30. The second-order valence-corrected chi connectivity index (χ2v) is 4.91. The fourth-order valence-corrected chi connectivity index (χ4v) is 2.78. The minimum Gasteiger partial charge on any atom is -0.365 e. The van der Waals surface area contributed by atoms with Gasteiger partial charge in [0.15, 0.2) is 0 Å². The summed E-state index contributed by atoms with van der Waals surface area (Å²) in [6, 6.07) is 5.60. The lowest BCUT2D eigenvalue weighted by Gasteiger charge is -2.21. The fourth-order valence-electron chi connectivity index (χ4n) is 2.78. The van der Waals surface area contributed by atoms with E-state index in [2.05, 4.69) is 10.3 Å². The molecule has 90 valence electrons. The number of anilines is 1. The van der Waals surface area contributed by atoms with Crippen LogP contribution in [0.4, 0.5) is 5.82 Å². The zero-order chi connectivity index (χ0) is 11.8. The molecule has 4 nitrogen and oxygen atoms in total. The van der Waals surface area contributed by atoms with Crippen LogP contribution in [0.2, 0.25) is 0 Å². The van der Waals surface area contributed by atoms with Gasteiger partial charge >= 0.3 is 0 Å². The summed E-state index contributed by atoms with van der Waals surface area (Å²) < 4.78 is 5.68. The molecule has 0 radical (unpaired) electrons. The van der Waals surface area contributed by atoms with E-state index in [1.807, 2.05) is 19.1 Å². The number of rotatable bonds is 2. The summed E-state index contributed by atoms with van der Waals surface area (Å²) in [5, 5.41) is 2.83. The van der Waals surface area contributed by atoms with Crippen LogP contribution >= 0.6 is 0 Å². The average molecular weight is 232 g/mol. The average Bonchev–Trinajstić information content (AvgIpc) is 2.90. The summed E-state index contributed by atoms with van der Waals surface area (Å²) in [6.45, 7) is 1.91. The summed E-state index contributed by atoms with van der Waals surface area (Å²) in [5.74, 6) is 0.974. The molecule has 0 spiro atoms. The molecule has 1 aromatic rings. The zero-order valence-corrected chi connectivity index (χ0v) is 9.85. The van der Waals surface area contributed by atoms with Gasteiger partial charge < -0.3 is 10.1 Å². The number of carbonyl (C=O) groups excluding carboxylic acids is 1. The molecule has 0 aromatic carbocycles. The summed E-state index contributed by atoms with van der Waals surface area (Å²) in [5.41, 5.74) is 0.900. The van der Waals surface area contributed by atoms with Crippen LogP contribution in [0.25, 0.3) is 0 Å². The molecule has 3 atom stereocenters. The van der Waals surface area contributed by atoms with Crippen molar-refractivity contribution >= 4 is 11.7 Å². The number of amides is 1. The van der Waals surface area contributed by atoms with Crippen molar-refractivity contribution in [2.75, 3.05) is 5.32 Å². The Bertz CT molecular complexity index is 447. The molecule has 3 rings (SSSR count). The van der Waals surface area contributed by atoms with Crippen LogP contribution in [-0.2, 0) is 9.53 Å². The van der Waals surface area contributed by atoms with Gasteiger partial charge in [-0.05, 0) is 44.2 Å². The quantitative estimate of drug-likeness (QED) is 0.847. The predicted molar refractivity (Wildman–Crippen MR) is 63.6 cm³/mol. The number of fused-ring (bicyclic) bond motifs is 2. The first-order valence-corrected chi connectivity index (χ1v) is 6.12. The molecule has 1 aromatic heterocycles. The normalized spacial score (nSPS) is 30.5. The van der Waals surface area contributed by atoms with Crippen molar-refractivity contribution in [1.82, 2.24) is 4.98 Å². The maximum absolute atomic E-state index is 12.0. The standard InChI is InChI=1S/C13H16N2O2/c1-8-3-2-4-11(14-8)15-13(16)12-9-5-6-10(7-9)17-12/h2-4,9-10,12H,5-7H2,1H3,(H,14,15,16)/t9?,10?,12-/m0/s1. The van der Waals surface area contributed by atoms with Crippen molar-refractivity contribution in [3.63, 3.8) is 0 Å². The number of aromatic nitrogens is 1. The lowest BCUT2D eigenvalue weighted by Crippen LogP contribution is -2.35. The second-order valence-electron chi connectivity index (χ2n) is 4.91. The third-order valence-electron chi connectivity index (χ3n) is 3.59. The molecular formula is C13H16N2O2. The first-order valence-electron chi connectivity index (χ1n) is 6.12. The number of nitrogens with one attached hydrogen (secondary N) is 1. The second kappa shape index (κ2) is 4.11. The van der Waals surface area contributed by atoms with E-state index in [4.69, 9.17) is 4.74 Å². The van der Waals surface area contributed by atoms with Crippen molar-refractivity contribution in [2.45, 2.75) is 38.4 Å². The fraction of sp³-hybridized carbons (Fsp3) is 0.538. The first kappa shape index (κ1) is 10.7. The van der Waals surface area contributed by atoms with Crippen molar-refractivity contribution < 1.29 is 9.53 Å². The van der Waals surface area contributed by atoms with E-state index in [9.17, 15) is 4.79 Å². The van der Waals surface area contributed by atoms with E-state index < -0.39 is 0 Å². The number of aryl methyl sites for hydroxylation is 1. The van der Waals surface area contributed by atoms with E-state index in [-0.39, 0.29) is 12.0 Å². The van der Waals surface area contributed by atoms with E-state index in [1.165, 1.54) is 0 Å². The van der Waals surface area contributed by atoms with Gasteiger partial charge in [-0.3, -0.25) is 4.79 Å². The molecule has 2 aliphatic rings. The van der Waals surface area contributed by atoms with Crippen LogP contribution in [0.3, 0.4) is 0 Å². The lowest BCUT2D eigenvalue weighted by atomic mass is 10.0. The van der Waals surface area contributed by atoms with Crippen LogP contribution in [0, 0.1) is 12.8 Å². The van der Waals surface area contributed by atoms with Crippen molar-refractivity contribution in [2.24, 2.45) is 5.92 Å². The number of carbonyl (C=O) groups is 1. The van der Waals surface area contributed by atoms with Gasteiger partial charge in [0.25, 0.3) is 5.91 Å². The van der Waals surface area contributed by atoms with Gasteiger partial charge in [0.05, 0.1) is 6.10 Å². The topological polar surface area (TPSA) is 51.2 Å². The molecule has 1 saturated heterocycles. The van der Waals surface area contributed by atoms with E-state index in [0.717, 1.165) is 25.0 Å². The Balaban J connectivity index is 1.68. The largest absolute Gasteiger partial charge is 0.365 e. The van der Waals surface area contributed by atoms with Crippen molar-refractivity contribution in [3.8, 4) is 0 Å². The highest BCUT2D eigenvalue weighted by Crippen LogP contribution is 2.40.